The van der Waals surface area contributed by atoms with Crippen molar-refractivity contribution in [3.8, 4) is 5.75 Å². The van der Waals surface area contributed by atoms with Crippen LogP contribution in [0.3, 0.4) is 0 Å². The van der Waals surface area contributed by atoms with E-state index in [1.165, 1.54) is 38.4 Å². The highest BCUT2D eigenvalue weighted by Gasteiger charge is 2.51. The molecule has 33 heavy (non-hydrogen) atoms. The van der Waals surface area contributed by atoms with Crippen molar-refractivity contribution in [3.63, 3.8) is 0 Å². The summed E-state index contributed by atoms with van der Waals surface area (Å²) < 4.78 is 34.8. The molecule has 0 amide bonds. The van der Waals surface area contributed by atoms with Crippen LogP contribution < -0.4 is 26.4 Å². The maximum absolute atomic E-state index is 13.5. The number of benzene rings is 1. The molecular formula is C19H29ClN5O7P. The Labute approximate surface area is 196 Å². The number of hydrogen-bond acceptors (Lipinski definition) is 10. The summed E-state index contributed by atoms with van der Waals surface area (Å²) in [6.07, 6.45) is -0.477. The number of hydrogen-bond donors (Lipinski definition) is 6. The molecule has 1 aromatic rings. The first-order valence-electron chi connectivity index (χ1n) is 9.83. The fourth-order valence-corrected chi connectivity index (χ4v) is 4.65. The maximum atomic E-state index is 13.5. The third-order valence-corrected chi connectivity index (χ3v) is 6.69. The van der Waals surface area contributed by atoms with Crippen LogP contribution in [0.25, 0.3) is 0 Å². The molecule has 1 heterocycles. The van der Waals surface area contributed by atoms with Crippen molar-refractivity contribution < 1.29 is 33.0 Å². The first kappa shape index (κ1) is 27.1. The highest BCUT2D eigenvalue weighted by atomic mass is 35.5. The summed E-state index contributed by atoms with van der Waals surface area (Å²) in [6, 6.07) is 5.22. The van der Waals surface area contributed by atoms with Crippen LogP contribution in [-0.4, -0.2) is 60.6 Å². The smallest absolute Gasteiger partial charge is 0.459 e. The summed E-state index contributed by atoms with van der Waals surface area (Å²) >= 11 is 6.09. The summed E-state index contributed by atoms with van der Waals surface area (Å²) in [4.78, 5) is 11.8. The van der Waals surface area contributed by atoms with Crippen molar-refractivity contribution in [3.05, 3.63) is 41.6 Å². The van der Waals surface area contributed by atoms with Crippen LogP contribution in [0.15, 0.2) is 36.5 Å². The minimum Gasteiger partial charge on any atom is -0.468 e. The number of methoxy groups -OCH3 is 1. The molecule has 1 saturated heterocycles. The molecule has 0 radical (unpaired) electrons. The molecule has 0 saturated carbocycles. The zero-order valence-electron chi connectivity index (χ0n) is 18.4. The lowest BCUT2D eigenvalue weighted by Gasteiger charge is -2.28. The molecule has 14 heteroatoms. The van der Waals surface area contributed by atoms with E-state index in [-0.39, 0.29) is 16.6 Å². The normalized spacial score (nSPS) is 27.6. The Kier molecular flexibility index (Phi) is 9.27. The molecule has 0 bridgehead atoms. The topological polar surface area (TPSA) is 191 Å². The second-order valence-corrected chi connectivity index (χ2v) is 9.61. The van der Waals surface area contributed by atoms with Crippen LogP contribution in [0, 0.1) is 5.41 Å². The molecule has 1 aromatic carbocycles. The lowest BCUT2D eigenvalue weighted by Crippen LogP contribution is -2.57. The van der Waals surface area contributed by atoms with E-state index >= 15 is 0 Å². The average molecular weight is 506 g/mol. The van der Waals surface area contributed by atoms with Gasteiger partial charge in [-0.05, 0) is 32.1 Å². The number of carbonyl (C=O) groups is 1. The van der Waals surface area contributed by atoms with E-state index in [4.69, 9.17) is 42.3 Å². The van der Waals surface area contributed by atoms with Crippen LogP contribution in [0.4, 0.5) is 0 Å². The summed E-state index contributed by atoms with van der Waals surface area (Å²) in [7, 11) is -3.03. The Morgan fingerprint density at radius 3 is 2.76 bits per heavy atom. The SMILES string of the molecule is COC(=O)[C@H](C)NP(=O)(OC[C@H]1O[C@@H](N/C=C\C(=N)N)[C@](C)(N)[C@@H]1O)Oc1ccccc1Cl. The van der Waals surface area contributed by atoms with Gasteiger partial charge in [0.1, 0.15) is 36.1 Å². The molecule has 8 N–H and O–H groups in total. The van der Waals surface area contributed by atoms with Gasteiger partial charge in [-0.2, -0.15) is 5.09 Å². The Morgan fingerprint density at radius 1 is 1.48 bits per heavy atom. The number of rotatable bonds is 11. The van der Waals surface area contributed by atoms with Gasteiger partial charge in [0.15, 0.2) is 0 Å². The lowest BCUT2D eigenvalue weighted by atomic mass is 9.94. The Bertz CT molecular complexity index is 932. The minimum atomic E-state index is -4.21. The fraction of sp³-hybridized carbons (Fsp3) is 0.474. The van der Waals surface area contributed by atoms with Gasteiger partial charge in [0.05, 0.1) is 24.3 Å². The molecule has 1 unspecified atom stereocenters. The number of ether oxygens (including phenoxy) is 2. The Morgan fingerprint density at radius 2 is 2.15 bits per heavy atom. The summed E-state index contributed by atoms with van der Waals surface area (Å²) in [5, 5.41) is 23.3. The molecule has 184 valence electrons. The van der Waals surface area contributed by atoms with Gasteiger partial charge in [-0.3, -0.25) is 14.7 Å². The Hall–Kier alpha value is -2.18. The molecular weight excluding hydrogens is 477 g/mol. The van der Waals surface area contributed by atoms with Crippen LogP contribution in [-0.2, 0) is 23.4 Å². The number of amidine groups is 1. The third kappa shape index (κ3) is 7.15. The minimum absolute atomic E-state index is 0.0533. The van der Waals surface area contributed by atoms with Gasteiger partial charge in [-0.15, -0.1) is 0 Å². The van der Waals surface area contributed by atoms with Crippen molar-refractivity contribution in [1.29, 1.82) is 5.41 Å². The summed E-state index contributed by atoms with van der Waals surface area (Å²) in [6.45, 7) is 2.55. The Balaban J connectivity index is 2.17. The number of nitrogens with two attached hydrogens (primary N) is 2. The number of aliphatic hydroxyl groups is 1. The van der Waals surface area contributed by atoms with Gasteiger partial charge >= 0.3 is 13.7 Å². The number of nitrogens with one attached hydrogen (secondary N) is 3. The number of para-hydroxylation sites is 1. The molecule has 0 spiro atoms. The van der Waals surface area contributed by atoms with Gasteiger partial charge in [0.25, 0.3) is 0 Å². The molecule has 0 aliphatic carbocycles. The van der Waals surface area contributed by atoms with Crippen LogP contribution >= 0.6 is 19.3 Å². The summed E-state index contributed by atoms with van der Waals surface area (Å²) in [5.41, 5.74) is 10.2. The first-order valence-corrected chi connectivity index (χ1v) is 11.7. The number of halogens is 1. The van der Waals surface area contributed by atoms with Gasteiger partial charge in [-0.25, -0.2) is 4.57 Å². The van der Waals surface area contributed by atoms with Gasteiger partial charge in [0, 0.05) is 6.20 Å². The van der Waals surface area contributed by atoms with Gasteiger partial charge in [-0.1, -0.05) is 23.7 Å². The van der Waals surface area contributed by atoms with Crippen molar-refractivity contribution in [2.75, 3.05) is 13.7 Å². The third-order valence-electron chi connectivity index (χ3n) is 4.75. The predicted molar refractivity (Wildman–Crippen MR) is 122 cm³/mol. The second-order valence-electron chi connectivity index (χ2n) is 7.51. The first-order chi connectivity index (χ1) is 15.4. The number of carbonyl (C=O) groups excluding carboxylic acids is 1. The van der Waals surface area contributed by atoms with Crippen molar-refractivity contribution >= 4 is 31.2 Å². The largest absolute Gasteiger partial charge is 0.468 e. The lowest BCUT2D eigenvalue weighted by molar-refractivity contribution is -0.142. The molecule has 1 aliphatic rings. The quantitative estimate of drug-likeness (QED) is 0.108. The average Bonchev–Trinajstić information content (AvgIpc) is 2.96. The number of aliphatic hydroxyl groups excluding tert-OH is 1. The van der Waals surface area contributed by atoms with Crippen LogP contribution in [0.1, 0.15) is 13.8 Å². The van der Waals surface area contributed by atoms with E-state index in [0.29, 0.717) is 0 Å². The summed E-state index contributed by atoms with van der Waals surface area (Å²) in [5.74, 6) is -0.838. The van der Waals surface area contributed by atoms with Gasteiger partial charge in [0.2, 0.25) is 0 Å². The van der Waals surface area contributed by atoms with Crippen molar-refractivity contribution in [2.45, 2.75) is 43.9 Å². The molecule has 12 nitrogen and oxygen atoms in total. The van der Waals surface area contributed by atoms with Crippen LogP contribution in [0.5, 0.6) is 5.75 Å². The molecule has 6 atom stereocenters. The van der Waals surface area contributed by atoms with Crippen molar-refractivity contribution in [1.82, 2.24) is 10.4 Å². The standard InChI is InChI=1S/C19H29ClN5O7P/c1-11(17(27)29-3)25-33(28,32-13-7-5-4-6-12(13)20)30-10-14-16(26)19(2,23)18(31-14)24-9-8-15(21)22/h4-9,11,14,16,18,24,26H,10,23H2,1-3H3,(H3,21,22)(H,25,28)/b9-8-/t11-,14+,16+,18+,19+,33?/m0/s1. The van der Waals surface area contributed by atoms with Crippen molar-refractivity contribution in [2.24, 2.45) is 11.5 Å². The van der Waals surface area contributed by atoms with E-state index in [1.807, 2.05) is 0 Å². The molecule has 1 aliphatic heterocycles. The molecule has 1 fully saturated rings. The van der Waals surface area contributed by atoms with E-state index in [1.54, 1.807) is 19.1 Å². The van der Waals surface area contributed by atoms with E-state index in [2.05, 4.69) is 15.1 Å². The highest BCUT2D eigenvalue weighted by molar-refractivity contribution is 7.52. The molecule has 0 aromatic heterocycles. The monoisotopic (exact) mass is 505 g/mol. The zero-order chi connectivity index (χ0) is 24.8. The second kappa shape index (κ2) is 11.3. The maximum Gasteiger partial charge on any atom is 0.459 e. The van der Waals surface area contributed by atoms with Gasteiger partial charge < -0.3 is 35.9 Å². The van der Waals surface area contributed by atoms with E-state index in [0.717, 1.165) is 0 Å². The molecule has 2 rings (SSSR count). The van der Waals surface area contributed by atoms with E-state index in [9.17, 15) is 14.5 Å². The zero-order valence-corrected chi connectivity index (χ0v) is 20.0. The predicted octanol–water partition coefficient (Wildman–Crippen LogP) is 0.837. The number of esters is 1. The van der Waals surface area contributed by atoms with Crippen LogP contribution in [0.2, 0.25) is 5.02 Å². The fourth-order valence-electron chi connectivity index (χ4n) is 2.90. The van der Waals surface area contributed by atoms with E-state index < -0.39 is 50.3 Å². The highest BCUT2D eigenvalue weighted by Crippen LogP contribution is 2.47.